The summed E-state index contributed by atoms with van der Waals surface area (Å²) in [5, 5.41) is 11.6. The molecule has 156 valence electrons. The smallest absolute Gasteiger partial charge is 0.295 e. The summed E-state index contributed by atoms with van der Waals surface area (Å²) in [6.07, 6.45) is 1.62. The van der Waals surface area contributed by atoms with Crippen LogP contribution in [-0.2, 0) is 14.3 Å². The van der Waals surface area contributed by atoms with Gasteiger partial charge in [0.1, 0.15) is 11.5 Å². The van der Waals surface area contributed by atoms with Gasteiger partial charge in [-0.1, -0.05) is 23.7 Å². The van der Waals surface area contributed by atoms with Gasteiger partial charge >= 0.3 is 0 Å². The third kappa shape index (κ3) is 3.80. The van der Waals surface area contributed by atoms with E-state index in [1.807, 2.05) is 0 Å². The molecule has 2 atom stereocenters. The Morgan fingerprint density at radius 3 is 2.47 bits per heavy atom. The fraction of sp³-hybridized carbons (Fsp3) is 0.304. The van der Waals surface area contributed by atoms with Crippen LogP contribution in [0.15, 0.2) is 54.1 Å². The van der Waals surface area contributed by atoms with Gasteiger partial charge in [-0.25, -0.2) is 0 Å². The number of ether oxygens (including phenoxy) is 2. The van der Waals surface area contributed by atoms with Crippen molar-refractivity contribution in [2.24, 2.45) is 0 Å². The first-order valence-electron chi connectivity index (χ1n) is 9.79. The van der Waals surface area contributed by atoms with Crippen LogP contribution in [0.2, 0.25) is 5.02 Å². The Balaban J connectivity index is 1.80. The molecule has 0 bridgehead atoms. The first kappa shape index (κ1) is 20.4. The van der Waals surface area contributed by atoms with E-state index < -0.39 is 17.7 Å². The summed E-state index contributed by atoms with van der Waals surface area (Å²) < 4.78 is 10.8. The van der Waals surface area contributed by atoms with Crippen LogP contribution in [0.1, 0.15) is 30.0 Å². The van der Waals surface area contributed by atoms with Crippen molar-refractivity contribution in [3.8, 4) is 5.75 Å². The number of carbonyl (C=O) groups excluding carboxylic acids is 2. The van der Waals surface area contributed by atoms with Crippen molar-refractivity contribution in [2.75, 3.05) is 20.3 Å². The van der Waals surface area contributed by atoms with E-state index in [1.54, 1.807) is 55.6 Å². The Morgan fingerprint density at radius 1 is 1.17 bits per heavy atom. The standard InChI is InChI=1S/C23H22ClNO5/c1-29-17-10-6-15(7-11-17)21(26)19-20(14-4-8-16(24)9-5-14)25(23(28)22(19)27)13-18-3-2-12-30-18/h4-11,18,20,26H,2-3,12-13H2,1H3/b21-19+/t18-,20-/m1/s1. The highest BCUT2D eigenvalue weighted by molar-refractivity contribution is 6.46. The molecule has 0 unspecified atom stereocenters. The van der Waals surface area contributed by atoms with Crippen molar-refractivity contribution >= 4 is 29.1 Å². The number of aliphatic hydroxyl groups excluding tert-OH is 1. The zero-order valence-electron chi connectivity index (χ0n) is 16.5. The number of Topliss-reactive ketones (excluding diaryl/α,β-unsaturated/α-hetero) is 1. The lowest BCUT2D eigenvalue weighted by Gasteiger charge is -2.27. The Labute approximate surface area is 179 Å². The van der Waals surface area contributed by atoms with Gasteiger partial charge in [0, 0.05) is 23.7 Å². The van der Waals surface area contributed by atoms with Gasteiger partial charge in [-0.2, -0.15) is 0 Å². The molecule has 0 saturated carbocycles. The predicted octanol–water partition coefficient (Wildman–Crippen LogP) is 3.95. The second-order valence-electron chi connectivity index (χ2n) is 7.37. The summed E-state index contributed by atoms with van der Waals surface area (Å²) >= 11 is 6.03. The van der Waals surface area contributed by atoms with Crippen LogP contribution in [0.5, 0.6) is 5.75 Å². The van der Waals surface area contributed by atoms with Crippen LogP contribution < -0.4 is 4.74 Å². The summed E-state index contributed by atoms with van der Waals surface area (Å²) in [6, 6.07) is 12.9. The molecule has 2 heterocycles. The lowest BCUT2D eigenvalue weighted by atomic mass is 9.95. The fourth-order valence-electron chi connectivity index (χ4n) is 3.97. The molecule has 7 heteroatoms. The fourth-order valence-corrected chi connectivity index (χ4v) is 4.10. The molecular formula is C23H22ClNO5. The van der Waals surface area contributed by atoms with Crippen LogP contribution in [0.3, 0.4) is 0 Å². The van der Waals surface area contributed by atoms with Crippen LogP contribution in [0, 0.1) is 0 Å². The molecule has 30 heavy (non-hydrogen) atoms. The molecule has 1 amide bonds. The van der Waals surface area contributed by atoms with Crippen molar-refractivity contribution < 1.29 is 24.2 Å². The van der Waals surface area contributed by atoms with E-state index in [2.05, 4.69) is 0 Å². The predicted molar refractivity (Wildman–Crippen MR) is 112 cm³/mol. The number of hydrogen-bond acceptors (Lipinski definition) is 5. The van der Waals surface area contributed by atoms with E-state index in [0.717, 1.165) is 12.8 Å². The highest BCUT2D eigenvalue weighted by atomic mass is 35.5. The van der Waals surface area contributed by atoms with Gasteiger partial charge < -0.3 is 19.5 Å². The van der Waals surface area contributed by atoms with Gasteiger partial charge in [0.25, 0.3) is 11.7 Å². The molecule has 2 fully saturated rings. The molecule has 0 aliphatic carbocycles. The highest BCUT2D eigenvalue weighted by Crippen LogP contribution is 2.40. The third-order valence-electron chi connectivity index (χ3n) is 5.51. The van der Waals surface area contributed by atoms with Gasteiger partial charge in [-0.15, -0.1) is 0 Å². The van der Waals surface area contributed by atoms with Crippen LogP contribution in [-0.4, -0.2) is 48.1 Å². The van der Waals surface area contributed by atoms with E-state index in [-0.39, 0.29) is 24.0 Å². The summed E-state index contributed by atoms with van der Waals surface area (Å²) in [6.45, 7) is 0.934. The molecule has 2 aliphatic heterocycles. The zero-order chi connectivity index (χ0) is 21.3. The van der Waals surface area contributed by atoms with Gasteiger partial charge in [0.15, 0.2) is 0 Å². The normalized spacial score (nSPS) is 23.2. The van der Waals surface area contributed by atoms with E-state index in [4.69, 9.17) is 21.1 Å². The van der Waals surface area contributed by atoms with Gasteiger partial charge in [0.05, 0.1) is 24.8 Å². The average molecular weight is 428 g/mol. The number of hydrogen-bond donors (Lipinski definition) is 1. The highest BCUT2D eigenvalue weighted by Gasteiger charge is 2.47. The van der Waals surface area contributed by atoms with Gasteiger partial charge in [0.2, 0.25) is 0 Å². The van der Waals surface area contributed by atoms with Gasteiger partial charge in [-0.05, 0) is 54.8 Å². The third-order valence-corrected chi connectivity index (χ3v) is 5.77. The Kier molecular flexibility index (Phi) is 5.79. The van der Waals surface area contributed by atoms with Crippen molar-refractivity contribution in [1.82, 2.24) is 4.90 Å². The van der Waals surface area contributed by atoms with E-state index in [9.17, 15) is 14.7 Å². The topological polar surface area (TPSA) is 76.1 Å². The molecule has 0 radical (unpaired) electrons. The van der Waals surface area contributed by atoms with E-state index >= 15 is 0 Å². The SMILES string of the molecule is COc1ccc(/C(O)=C2\C(=O)C(=O)N(C[C@H]3CCCO3)[C@@H]2c2ccc(Cl)cc2)cc1. The number of nitrogens with zero attached hydrogens (tertiary/aromatic N) is 1. The van der Waals surface area contributed by atoms with Crippen LogP contribution in [0.4, 0.5) is 0 Å². The zero-order valence-corrected chi connectivity index (χ0v) is 17.3. The second kappa shape index (κ2) is 8.50. The molecule has 0 spiro atoms. The second-order valence-corrected chi connectivity index (χ2v) is 7.80. The van der Waals surface area contributed by atoms with Crippen LogP contribution in [0.25, 0.3) is 5.76 Å². The first-order chi connectivity index (χ1) is 14.5. The molecule has 6 nitrogen and oxygen atoms in total. The maximum atomic E-state index is 13.0. The number of methoxy groups -OCH3 is 1. The minimum absolute atomic E-state index is 0.0606. The Hall–Kier alpha value is -2.83. The summed E-state index contributed by atoms with van der Waals surface area (Å²) in [7, 11) is 1.55. The monoisotopic (exact) mass is 427 g/mol. The number of rotatable bonds is 5. The summed E-state index contributed by atoms with van der Waals surface area (Å²) in [4.78, 5) is 27.4. The molecule has 4 rings (SSSR count). The number of aliphatic hydroxyl groups is 1. The molecule has 1 N–H and O–H groups in total. The van der Waals surface area contributed by atoms with Crippen molar-refractivity contribution in [3.63, 3.8) is 0 Å². The number of amides is 1. The first-order valence-corrected chi connectivity index (χ1v) is 10.2. The largest absolute Gasteiger partial charge is 0.507 e. The number of ketones is 1. The maximum Gasteiger partial charge on any atom is 0.295 e. The number of benzene rings is 2. The summed E-state index contributed by atoms with van der Waals surface area (Å²) in [5.74, 6) is -0.938. The lowest BCUT2D eigenvalue weighted by Crippen LogP contribution is -2.36. The number of halogens is 1. The van der Waals surface area contributed by atoms with E-state index in [1.165, 1.54) is 4.90 Å². The molecular weight excluding hydrogens is 406 g/mol. The van der Waals surface area contributed by atoms with Crippen molar-refractivity contribution in [2.45, 2.75) is 25.0 Å². The minimum atomic E-state index is -0.714. The molecule has 2 aromatic rings. The van der Waals surface area contributed by atoms with Crippen LogP contribution >= 0.6 is 11.6 Å². The van der Waals surface area contributed by atoms with Crippen molar-refractivity contribution in [1.29, 1.82) is 0 Å². The molecule has 2 aromatic carbocycles. The lowest BCUT2D eigenvalue weighted by molar-refractivity contribution is -0.140. The molecule has 0 aromatic heterocycles. The number of likely N-dealkylation sites (tertiary alicyclic amines) is 1. The Bertz CT molecular complexity index is 978. The molecule has 2 aliphatic rings. The Morgan fingerprint density at radius 2 is 1.87 bits per heavy atom. The van der Waals surface area contributed by atoms with Gasteiger partial charge in [-0.3, -0.25) is 9.59 Å². The van der Waals surface area contributed by atoms with Crippen molar-refractivity contribution in [3.05, 3.63) is 70.3 Å². The summed E-state index contributed by atoms with van der Waals surface area (Å²) in [5.41, 5.74) is 1.20. The number of carbonyl (C=O) groups is 2. The average Bonchev–Trinajstić information content (AvgIpc) is 3.36. The van der Waals surface area contributed by atoms with E-state index in [0.29, 0.717) is 28.5 Å². The maximum absolute atomic E-state index is 13.0. The minimum Gasteiger partial charge on any atom is -0.507 e. The quantitative estimate of drug-likeness (QED) is 0.444. The molecule has 2 saturated heterocycles.